The van der Waals surface area contributed by atoms with Crippen LogP contribution in [0.3, 0.4) is 0 Å². The topological polar surface area (TPSA) is 15.8 Å². The summed E-state index contributed by atoms with van der Waals surface area (Å²) in [7, 11) is 0. The first kappa shape index (κ1) is 8.74. The fourth-order valence-corrected chi connectivity index (χ4v) is 2.56. The van der Waals surface area contributed by atoms with Gasteiger partial charge in [-0.15, -0.1) is 11.3 Å². The summed E-state index contributed by atoms with van der Waals surface area (Å²) in [4.78, 5) is 4.84. The lowest BCUT2D eigenvalue weighted by molar-refractivity contribution is 1.15. The van der Waals surface area contributed by atoms with Gasteiger partial charge in [0.25, 0.3) is 0 Å². The molecule has 0 radical (unpaired) electrons. The predicted molar refractivity (Wildman–Crippen MR) is 65.4 cm³/mol. The zero-order chi connectivity index (χ0) is 10.1. The van der Waals surface area contributed by atoms with E-state index in [9.17, 15) is 0 Å². The van der Waals surface area contributed by atoms with E-state index in [1.54, 1.807) is 0 Å². The number of hydrogen-bond acceptors (Lipinski definition) is 1. The largest absolute Gasteiger partial charge is 0.358 e. The van der Waals surface area contributed by atoms with Gasteiger partial charge < -0.3 is 4.98 Å². The molecule has 74 valence electrons. The lowest BCUT2D eigenvalue weighted by Gasteiger charge is -1.92. The van der Waals surface area contributed by atoms with Gasteiger partial charge in [-0.3, -0.25) is 0 Å². The normalized spacial score (nSPS) is 10.9. The Morgan fingerprint density at radius 3 is 2.80 bits per heavy atom. The van der Waals surface area contributed by atoms with E-state index in [1.165, 1.54) is 21.5 Å². The summed E-state index contributed by atoms with van der Waals surface area (Å²) in [5, 5.41) is 3.42. The Hall–Kier alpha value is -1.54. The van der Waals surface area contributed by atoms with Crippen LogP contribution in [0.1, 0.15) is 10.6 Å². The third kappa shape index (κ3) is 1.68. The number of benzene rings is 1. The van der Waals surface area contributed by atoms with Crippen molar-refractivity contribution in [3.05, 3.63) is 58.4 Å². The summed E-state index contributed by atoms with van der Waals surface area (Å²) in [6.45, 7) is 0. The molecule has 0 aliphatic rings. The van der Waals surface area contributed by atoms with Crippen LogP contribution < -0.4 is 0 Å². The monoisotopic (exact) mass is 213 g/mol. The van der Waals surface area contributed by atoms with E-state index in [-0.39, 0.29) is 0 Å². The van der Waals surface area contributed by atoms with Crippen molar-refractivity contribution >= 4 is 22.2 Å². The summed E-state index contributed by atoms with van der Waals surface area (Å²) < 4.78 is 0. The van der Waals surface area contributed by atoms with E-state index in [0.29, 0.717) is 0 Å². The number of aromatic amines is 1. The molecule has 0 aliphatic heterocycles. The molecule has 15 heavy (non-hydrogen) atoms. The molecule has 2 aromatic heterocycles. The van der Waals surface area contributed by atoms with Crippen molar-refractivity contribution in [2.75, 3.05) is 0 Å². The molecule has 0 amide bonds. The highest BCUT2D eigenvalue weighted by atomic mass is 32.1. The first-order chi connectivity index (χ1) is 7.42. The van der Waals surface area contributed by atoms with Gasteiger partial charge in [-0.25, -0.2) is 0 Å². The van der Waals surface area contributed by atoms with Crippen molar-refractivity contribution in [2.24, 2.45) is 0 Å². The van der Waals surface area contributed by atoms with Crippen LogP contribution in [0.4, 0.5) is 0 Å². The van der Waals surface area contributed by atoms with Gasteiger partial charge in [0.05, 0.1) is 0 Å². The number of para-hydroxylation sites is 1. The third-order valence-electron chi connectivity index (χ3n) is 2.53. The average Bonchev–Trinajstić information content (AvgIpc) is 2.86. The maximum absolute atomic E-state index is 3.44. The molecule has 0 fully saturated rings. The van der Waals surface area contributed by atoms with Gasteiger partial charge in [-0.05, 0) is 29.0 Å². The Kier molecular flexibility index (Phi) is 2.07. The smallest absolute Gasteiger partial charge is 0.0456 e. The quantitative estimate of drug-likeness (QED) is 0.666. The molecule has 0 bridgehead atoms. The van der Waals surface area contributed by atoms with Crippen molar-refractivity contribution in [1.82, 2.24) is 4.98 Å². The number of H-pyrrole nitrogens is 1. The molecule has 0 saturated heterocycles. The minimum absolute atomic E-state index is 1.01. The van der Waals surface area contributed by atoms with E-state index in [0.717, 1.165) is 6.42 Å². The third-order valence-corrected chi connectivity index (χ3v) is 3.41. The molecular formula is C13H11NS. The van der Waals surface area contributed by atoms with Crippen molar-refractivity contribution < 1.29 is 0 Å². The number of rotatable bonds is 2. The first-order valence-corrected chi connectivity index (χ1v) is 5.89. The second-order valence-corrected chi connectivity index (χ2v) is 4.67. The van der Waals surface area contributed by atoms with Gasteiger partial charge in [-0.1, -0.05) is 24.3 Å². The SMILES string of the molecule is c1csc(Cc2cc3ccccc3[nH]2)c1. The Balaban J connectivity index is 1.98. The van der Waals surface area contributed by atoms with Crippen LogP contribution in [0.2, 0.25) is 0 Å². The number of hydrogen-bond donors (Lipinski definition) is 1. The molecule has 2 heterocycles. The minimum Gasteiger partial charge on any atom is -0.358 e. The van der Waals surface area contributed by atoms with Crippen LogP contribution in [-0.4, -0.2) is 4.98 Å². The second kappa shape index (κ2) is 3.55. The van der Waals surface area contributed by atoms with Crippen molar-refractivity contribution in [3.63, 3.8) is 0 Å². The molecule has 1 aromatic carbocycles. The summed E-state index contributed by atoms with van der Waals surface area (Å²) >= 11 is 1.81. The summed E-state index contributed by atoms with van der Waals surface area (Å²) in [5.74, 6) is 0. The molecule has 0 unspecified atom stereocenters. The number of thiophene rings is 1. The highest BCUT2D eigenvalue weighted by molar-refractivity contribution is 7.09. The van der Waals surface area contributed by atoms with E-state index in [4.69, 9.17) is 0 Å². The second-order valence-electron chi connectivity index (χ2n) is 3.64. The van der Waals surface area contributed by atoms with Crippen LogP contribution in [0.5, 0.6) is 0 Å². The van der Waals surface area contributed by atoms with Crippen molar-refractivity contribution in [3.8, 4) is 0 Å². The minimum atomic E-state index is 1.01. The van der Waals surface area contributed by atoms with Crippen LogP contribution >= 0.6 is 11.3 Å². The zero-order valence-electron chi connectivity index (χ0n) is 8.23. The molecule has 3 aromatic rings. The molecule has 2 heteroatoms. The Labute approximate surface area is 92.4 Å². The van der Waals surface area contributed by atoms with E-state index >= 15 is 0 Å². The fourth-order valence-electron chi connectivity index (χ4n) is 1.83. The molecule has 0 atom stereocenters. The van der Waals surface area contributed by atoms with Crippen LogP contribution in [0.15, 0.2) is 47.8 Å². The molecule has 1 N–H and O–H groups in total. The molecule has 0 spiro atoms. The molecule has 1 nitrogen and oxygen atoms in total. The molecular weight excluding hydrogens is 202 g/mol. The average molecular weight is 213 g/mol. The Bertz CT molecular complexity index is 530. The van der Waals surface area contributed by atoms with E-state index in [1.807, 2.05) is 11.3 Å². The van der Waals surface area contributed by atoms with Gasteiger partial charge >= 0.3 is 0 Å². The Morgan fingerprint density at radius 2 is 2.00 bits per heavy atom. The van der Waals surface area contributed by atoms with Gasteiger partial charge in [-0.2, -0.15) is 0 Å². The van der Waals surface area contributed by atoms with Crippen molar-refractivity contribution in [1.29, 1.82) is 0 Å². The van der Waals surface area contributed by atoms with Crippen LogP contribution in [0, 0.1) is 0 Å². The standard InChI is InChI=1S/C13H11NS/c1-2-6-13-10(4-1)8-11(14-13)9-12-5-3-7-15-12/h1-8,14H,9H2. The highest BCUT2D eigenvalue weighted by Crippen LogP contribution is 2.19. The summed E-state index contributed by atoms with van der Waals surface area (Å²) in [6, 6.07) is 14.9. The predicted octanol–water partition coefficient (Wildman–Crippen LogP) is 3.82. The first-order valence-electron chi connectivity index (χ1n) is 5.01. The summed E-state index contributed by atoms with van der Waals surface area (Å²) in [6.07, 6.45) is 1.01. The van der Waals surface area contributed by atoms with Gasteiger partial charge in [0.15, 0.2) is 0 Å². The van der Waals surface area contributed by atoms with Gasteiger partial charge in [0.2, 0.25) is 0 Å². The lowest BCUT2D eigenvalue weighted by atomic mass is 10.2. The van der Waals surface area contributed by atoms with Crippen LogP contribution in [-0.2, 0) is 6.42 Å². The van der Waals surface area contributed by atoms with Crippen molar-refractivity contribution in [2.45, 2.75) is 6.42 Å². The fraction of sp³-hybridized carbons (Fsp3) is 0.0769. The van der Waals surface area contributed by atoms with E-state index in [2.05, 4.69) is 52.8 Å². The maximum Gasteiger partial charge on any atom is 0.0456 e. The van der Waals surface area contributed by atoms with E-state index < -0.39 is 0 Å². The lowest BCUT2D eigenvalue weighted by Crippen LogP contribution is -1.82. The van der Waals surface area contributed by atoms with Crippen LogP contribution in [0.25, 0.3) is 10.9 Å². The summed E-state index contributed by atoms with van der Waals surface area (Å²) in [5.41, 5.74) is 2.52. The number of aromatic nitrogens is 1. The number of nitrogens with one attached hydrogen (secondary N) is 1. The highest BCUT2D eigenvalue weighted by Gasteiger charge is 2.01. The number of fused-ring (bicyclic) bond motifs is 1. The molecule has 0 saturated carbocycles. The molecule has 0 aliphatic carbocycles. The maximum atomic E-state index is 3.44. The van der Waals surface area contributed by atoms with Gasteiger partial charge in [0, 0.05) is 22.5 Å². The molecule has 3 rings (SSSR count). The zero-order valence-corrected chi connectivity index (χ0v) is 9.05. The Morgan fingerprint density at radius 1 is 1.07 bits per heavy atom. The van der Waals surface area contributed by atoms with Gasteiger partial charge in [0.1, 0.15) is 0 Å².